The van der Waals surface area contributed by atoms with E-state index in [0.29, 0.717) is 0 Å². The Morgan fingerprint density at radius 2 is 2.38 bits per heavy atom. The van der Waals surface area contributed by atoms with Crippen molar-refractivity contribution in [3.05, 3.63) is 23.7 Å². The summed E-state index contributed by atoms with van der Waals surface area (Å²) in [5, 5.41) is 0. The molecule has 2 rings (SSSR count). The lowest BCUT2D eigenvalue weighted by Crippen LogP contribution is -2.19. The minimum absolute atomic E-state index is 0.857. The van der Waals surface area contributed by atoms with E-state index in [9.17, 15) is 0 Å². The third-order valence-corrected chi connectivity index (χ3v) is 2.68. The minimum atomic E-state index is 0.857. The van der Waals surface area contributed by atoms with E-state index in [0.717, 1.165) is 24.0 Å². The van der Waals surface area contributed by atoms with Gasteiger partial charge in [0.05, 0.1) is 6.54 Å². The molecule has 1 aromatic heterocycles. The van der Waals surface area contributed by atoms with E-state index in [2.05, 4.69) is 17.9 Å². The zero-order chi connectivity index (χ0) is 9.26. The smallest absolute Gasteiger partial charge is 0.118 e. The highest BCUT2D eigenvalue weighted by molar-refractivity contribution is 5.05. The zero-order valence-corrected chi connectivity index (χ0v) is 8.42. The molecule has 0 bridgehead atoms. The molecule has 2 heterocycles. The highest BCUT2D eigenvalue weighted by atomic mass is 16.3. The van der Waals surface area contributed by atoms with E-state index in [4.69, 9.17) is 4.42 Å². The van der Waals surface area contributed by atoms with Gasteiger partial charge in [0.25, 0.3) is 0 Å². The molecule has 1 atom stereocenters. The van der Waals surface area contributed by atoms with Gasteiger partial charge in [0.1, 0.15) is 11.5 Å². The molecule has 1 aromatic rings. The lowest BCUT2D eigenvalue weighted by Gasteiger charge is -2.12. The van der Waals surface area contributed by atoms with Crippen LogP contribution in [-0.4, -0.2) is 18.0 Å². The standard InChI is InChI=1S/C11H17NO/c1-9-5-6-12(7-9)8-11-4-3-10(2)13-11/h3-4,9H,5-8H2,1-2H3/t9-/m0/s1. The van der Waals surface area contributed by atoms with Gasteiger partial charge in [-0.1, -0.05) is 6.92 Å². The van der Waals surface area contributed by atoms with Crippen LogP contribution in [0.2, 0.25) is 0 Å². The van der Waals surface area contributed by atoms with E-state index in [1.54, 1.807) is 0 Å². The molecule has 0 spiro atoms. The highest BCUT2D eigenvalue weighted by Crippen LogP contribution is 2.18. The first-order valence-corrected chi connectivity index (χ1v) is 5.02. The second-order valence-corrected chi connectivity index (χ2v) is 4.14. The molecule has 0 aromatic carbocycles. The number of likely N-dealkylation sites (tertiary alicyclic amines) is 1. The summed E-state index contributed by atoms with van der Waals surface area (Å²) in [6.45, 7) is 7.74. The van der Waals surface area contributed by atoms with Gasteiger partial charge < -0.3 is 4.42 Å². The Bertz CT molecular complexity index is 279. The van der Waals surface area contributed by atoms with Gasteiger partial charge in [-0.2, -0.15) is 0 Å². The maximum Gasteiger partial charge on any atom is 0.118 e. The quantitative estimate of drug-likeness (QED) is 0.693. The van der Waals surface area contributed by atoms with Crippen molar-refractivity contribution in [2.45, 2.75) is 26.8 Å². The number of hydrogen-bond donors (Lipinski definition) is 0. The van der Waals surface area contributed by atoms with E-state index >= 15 is 0 Å². The van der Waals surface area contributed by atoms with Gasteiger partial charge in [-0.05, 0) is 37.9 Å². The predicted molar refractivity (Wildman–Crippen MR) is 52.5 cm³/mol. The molecule has 1 aliphatic rings. The van der Waals surface area contributed by atoms with Crippen molar-refractivity contribution in [1.82, 2.24) is 4.90 Å². The summed E-state index contributed by atoms with van der Waals surface area (Å²) in [6.07, 6.45) is 1.33. The fourth-order valence-corrected chi connectivity index (χ4v) is 1.96. The van der Waals surface area contributed by atoms with E-state index in [1.165, 1.54) is 19.5 Å². The fourth-order valence-electron chi connectivity index (χ4n) is 1.96. The number of furan rings is 1. The summed E-state index contributed by atoms with van der Waals surface area (Å²) >= 11 is 0. The second-order valence-electron chi connectivity index (χ2n) is 4.14. The SMILES string of the molecule is Cc1ccc(CN2CC[C@H](C)C2)o1. The van der Waals surface area contributed by atoms with Crippen LogP contribution >= 0.6 is 0 Å². The number of rotatable bonds is 2. The van der Waals surface area contributed by atoms with Crippen LogP contribution in [0.3, 0.4) is 0 Å². The van der Waals surface area contributed by atoms with Crippen molar-refractivity contribution < 1.29 is 4.42 Å². The Labute approximate surface area is 79.5 Å². The second kappa shape index (κ2) is 3.54. The monoisotopic (exact) mass is 179 g/mol. The van der Waals surface area contributed by atoms with Crippen LogP contribution in [0.5, 0.6) is 0 Å². The van der Waals surface area contributed by atoms with E-state index in [-0.39, 0.29) is 0 Å². The van der Waals surface area contributed by atoms with Crippen molar-refractivity contribution in [3.8, 4) is 0 Å². The maximum atomic E-state index is 5.54. The van der Waals surface area contributed by atoms with Crippen molar-refractivity contribution >= 4 is 0 Å². The van der Waals surface area contributed by atoms with Gasteiger partial charge in [0, 0.05) is 6.54 Å². The molecule has 72 valence electrons. The Balaban J connectivity index is 1.91. The lowest BCUT2D eigenvalue weighted by molar-refractivity contribution is 0.286. The Kier molecular flexibility index (Phi) is 2.40. The molecule has 0 radical (unpaired) electrons. The number of aryl methyl sites for hydroxylation is 1. The first-order chi connectivity index (χ1) is 6.24. The predicted octanol–water partition coefficient (Wildman–Crippen LogP) is 2.43. The molecule has 1 saturated heterocycles. The molecule has 13 heavy (non-hydrogen) atoms. The van der Waals surface area contributed by atoms with Crippen LogP contribution < -0.4 is 0 Å². The number of hydrogen-bond acceptors (Lipinski definition) is 2. The third-order valence-electron chi connectivity index (χ3n) is 2.68. The summed E-state index contributed by atoms with van der Waals surface area (Å²) in [5.41, 5.74) is 0. The average Bonchev–Trinajstić information content (AvgIpc) is 2.62. The number of nitrogens with zero attached hydrogens (tertiary/aromatic N) is 1. The van der Waals surface area contributed by atoms with Gasteiger partial charge in [-0.3, -0.25) is 4.90 Å². The Morgan fingerprint density at radius 3 is 2.92 bits per heavy atom. The van der Waals surface area contributed by atoms with Crippen LogP contribution in [0.1, 0.15) is 24.9 Å². The molecule has 1 fully saturated rings. The lowest BCUT2D eigenvalue weighted by atomic mass is 10.2. The van der Waals surface area contributed by atoms with Crippen molar-refractivity contribution in [3.63, 3.8) is 0 Å². The third kappa shape index (κ3) is 2.13. The van der Waals surface area contributed by atoms with Gasteiger partial charge >= 0.3 is 0 Å². The molecule has 0 N–H and O–H groups in total. The molecular formula is C11H17NO. The normalized spacial score (nSPS) is 24.0. The van der Waals surface area contributed by atoms with Gasteiger partial charge in [0.15, 0.2) is 0 Å². The van der Waals surface area contributed by atoms with Gasteiger partial charge in [-0.25, -0.2) is 0 Å². The molecule has 2 heteroatoms. The Morgan fingerprint density at radius 1 is 1.54 bits per heavy atom. The van der Waals surface area contributed by atoms with E-state index < -0.39 is 0 Å². The van der Waals surface area contributed by atoms with E-state index in [1.807, 2.05) is 13.0 Å². The van der Waals surface area contributed by atoms with Gasteiger partial charge in [0.2, 0.25) is 0 Å². The van der Waals surface area contributed by atoms with Crippen molar-refractivity contribution in [1.29, 1.82) is 0 Å². The minimum Gasteiger partial charge on any atom is -0.465 e. The molecule has 2 nitrogen and oxygen atoms in total. The highest BCUT2D eigenvalue weighted by Gasteiger charge is 2.19. The van der Waals surface area contributed by atoms with Crippen LogP contribution in [0, 0.1) is 12.8 Å². The summed E-state index contributed by atoms with van der Waals surface area (Å²) in [6, 6.07) is 4.12. The van der Waals surface area contributed by atoms with Crippen molar-refractivity contribution in [2.24, 2.45) is 5.92 Å². The molecular weight excluding hydrogens is 162 g/mol. The fraction of sp³-hybridized carbons (Fsp3) is 0.636. The first-order valence-electron chi connectivity index (χ1n) is 5.02. The zero-order valence-electron chi connectivity index (χ0n) is 8.42. The Hall–Kier alpha value is -0.760. The maximum absolute atomic E-state index is 5.54. The summed E-state index contributed by atoms with van der Waals surface area (Å²) in [4.78, 5) is 2.46. The molecule has 0 aliphatic carbocycles. The molecule has 0 amide bonds. The van der Waals surface area contributed by atoms with Crippen LogP contribution in [0.4, 0.5) is 0 Å². The van der Waals surface area contributed by atoms with Crippen LogP contribution in [0.25, 0.3) is 0 Å². The van der Waals surface area contributed by atoms with Crippen LogP contribution in [-0.2, 0) is 6.54 Å². The van der Waals surface area contributed by atoms with Gasteiger partial charge in [-0.15, -0.1) is 0 Å². The average molecular weight is 179 g/mol. The largest absolute Gasteiger partial charge is 0.465 e. The molecule has 1 aliphatic heterocycles. The summed E-state index contributed by atoms with van der Waals surface area (Å²) < 4.78 is 5.54. The topological polar surface area (TPSA) is 16.4 Å². The summed E-state index contributed by atoms with van der Waals surface area (Å²) in [5.74, 6) is 2.98. The first kappa shape index (κ1) is 8.82. The van der Waals surface area contributed by atoms with Crippen LogP contribution in [0.15, 0.2) is 16.5 Å². The molecule has 0 saturated carbocycles. The van der Waals surface area contributed by atoms with Crippen molar-refractivity contribution in [2.75, 3.05) is 13.1 Å². The molecule has 0 unspecified atom stereocenters. The summed E-state index contributed by atoms with van der Waals surface area (Å²) in [7, 11) is 0.